The number of nitrogens with zero attached hydrogens (tertiary/aromatic N) is 4. The number of aryl methyl sites for hydroxylation is 1. The minimum absolute atomic E-state index is 0.00714. The maximum absolute atomic E-state index is 13.1. The summed E-state index contributed by atoms with van der Waals surface area (Å²) in [7, 11) is 0. The van der Waals surface area contributed by atoms with Gasteiger partial charge in [0.25, 0.3) is 5.91 Å². The van der Waals surface area contributed by atoms with Gasteiger partial charge < -0.3 is 4.90 Å². The Morgan fingerprint density at radius 2 is 2.12 bits per heavy atom. The molecule has 24 heavy (non-hydrogen) atoms. The highest BCUT2D eigenvalue weighted by Crippen LogP contribution is 2.33. The summed E-state index contributed by atoms with van der Waals surface area (Å²) in [5.41, 5.74) is 1.50. The third-order valence-electron chi connectivity index (χ3n) is 4.48. The molecule has 1 atom stereocenters. The first kappa shape index (κ1) is 17.1. The summed E-state index contributed by atoms with van der Waals surface area (Å²) in [4.78, 5) is 31.5. The van der Waals surface area contributed by atoms with Crippen molar-refractivity contribution in [3.63, 3.8) is 0 Å². The molecule has 2 aliphatic heterocycles. The van der Waals surface area contributed by atoms with E-state index >= 15 is 0 Å². The molecule has 0 aliphatic carbocycles. The Morgan fingerprint density at radius 3 is 2.79 bits per heavy atom. The average Bonchev–Trinajstić information content (AvgIpc) is 3.01. The number of likely N-dealkylation sites (tertiary alicyclic amines) is 1. The maximum Gasteiger partial charge on any atom is 0.270 e. The first-order chi connectivity index (χ1) is 11.5. The van der Waals surface area contributed by atoms with E-state index in [1.807, 2.05) is 31.1 Å². The monoisotopic (exact) mass is 348 g/mol. The number of hydrogen-bond donors (Lipinski definition) is 0. The summed E-state index contributed by atoms with van der Waals surface area (Å²) in [5, 5.41) is 8.85. The van der Waals surface area contributed by atoms with Gasteiger partial charge in [-0.05, 0) is 40.0 Å². The van der Waals surface area contributed by atoms with Crippen LogP contribution in [0.1, 0.15) is 62.7 Å². The molecule has 1 saturated heterocycles. The second kappa shape index (κ2) is 7.01. The average molecular weight is 348 g/mol. The van der Waals surface area contributed by atoms with Crippen LogP contribution in [0, 0.1) is 6.92 Å². The lowest BCUT2D eigenvalue weighted by molar-refractivity contribution is -0.134. The number of carbonyl (C=O) groups is 2. The first-order valence-corrected chi connectivity index (χ1v) is 9.48. The van der Waals surface area contributed by atoms with Crippen molar-refractivity contribution in [2.24, 2.45) is 5.10 Å². The van der Waals surface area contributed by atoms with Crippen molar-refractivity contribution in [1.29, 1.82) is 0 Å². The van der Waals surface area contributed by atoms with Crippen LogP contribution in [0.2, 0.25) is 0 Å². The van der Waals surface area contributed by atoms with Crippen molar-refractivity contribution >= 4 is 28.9 Å². The van der Waals surface area contributed by atoms with Crippen LogP contribution in [0.3, 0.4) is 0 Å². The second-order valence-electron chi connectivity index (χ2n) is 6.72. The van der Waals surface area contributed by atoms with Crippen LogP contribution in [0.5, 0.6) is 0 Å². The van der Waals surface area contributed by atoms with E-state index in [-0.39, 0.29) is 23.9 Å². The maximum atomic E-state index is 13.1. The predicted octanol–water partition coefficient (Wildman–Crippen LogP) is 2.89. The number of thiazole rings is 1. The van der Waals surface area contributed by atoms with E-state index in [1.165, 1.54) is 5.01 Å². The van der Waals surface area contributed by atoms with E-state index in [0.717, 1.165) is 36.5 Å². The molecule has 2 aliphatic rings. The number of hydrogen-bond acceptors (Lipinski definition) is 5. The number of carbonyl (C=O) groups excluding carboxylic acids is 2. The molecule has 0 N–H and O–H groups in total. The SMILES string of the molecule is Cc1csc(C2CCCCN2C(=O)C2=NN(C(C)C)C(=O)CC2)n1. The van der Waals surface area contributed by atoms with Gasteiger partial charge in [0.1, 0.15) is 10.7 Å². The van der Waals surface area contributed by atoms with Gasteiger partial charge in [0.05, 0.1) is 6.04 Å². The van der Waals surface area contributed by atoms with Gasteiger partial charge in [-0.25, -0.2) is 9.99 Å². The Kier molecular flexibility index (Phi) is 4.99. The second-order valence-corrected chi connectivity index (χ2v) is 7.61. The van der Waals surface area contributed by atoms with E-state index in [9.17, 15) is 9.59 Å². The molecule has 130 valence electrons. The van der Waals surface area contributed by atoms with Gasteiger partial charge in [-0.15, -0.1) is 11.3 Å². The minimum atomic E-state index is -0.0364. The van der Waals surface area contributed by atoms with E-state index < -0.39 is 0 Å². The number of piperidine rings is 1. The summed E-state index contributed by atoms with van der Waals surface area (Å²) in [6.45, 7) is 6.54. The van der Waals surface area contributed by atoms with Gasteiger partial charge in [-0.1, -0.05) is 0 Å². The molecule has 0 radical (unpaired) electrons. The van der Waals surface area contributed by atoms with Crippen LogP contribution < -0.4 is 0 Å². The van der Waals surface area contributed by atoms with Gasteiger partial charge >= 0.3 is 0 Å². The fraction of sp³-hybridized carbons (Fsp3) is 0.647. The molecular weight excluding hydrogens is 324 g/mol. The van der Waals surface area contributed by atoms with Crippen molar-refractivity contribution in [3.05, 3.63) is 16.1 Å². The molecule has 1 aromatic heterocycles. The van der Waals surface area contributed by atoms with Crippen LogP contribution in [0.25, 0.3) is 0 Å². The van der Waals surface area contributed by atoms with E-state index in [4.69, 9.17) is 0 Å². The molecule has 2 amide bonds. The molecule has 0 bridgehead atoms. The van der Waals surface area contributed by atoms with Crippen molar-refractivity contribution in [2.45, 2.75) is 65.0 Å². The van der Waals surface area contributed by atoms with Crippen molar-refractivity contribution in [1.82, 2.24) is 14.9 Å². The van der Waals surface area contributed by atoms with Crippen molar-refractivity contribution in [2.75, 3.05) is 6.54 Å². The smallest absolute Gasteiger partial charge is 0.270 e. The number of rotatable bonds is 3. The lowest BCUT2D eigenvalue weighted by Crippen LogP contribution is -2.46. The van der Waals surface area contributed by atoms with Crippen LogP contribution in [-0.2, 0) is 9.59 Å². The van der Waals surface area contributed by atoms with E-state index in [0.29, 0.717) is 18.6 Å². The number of hydrazone groups is 1. The van der Waals surface area contributed by atoms with Crippen LogP contribution in [0.15, 0.2) is 10.5 Å². The third-order valence-corrected chi connectivity index (χ3v) is 5.54. The lowest BCUT2D eigenvalue weighted by Gasteiger charge is -2.36. The topological polar surface area (TPSA) is 65.9 Å². The molecule has 0 saturated carbocycles. The van der Waals surface area contributed by atoms with E-state index in [1.54, 1.807) is 11.3 Å². The Bertz CT molecular complexity index is 667. The Balaban J connectivity index is 1.84. The minimum Gasteiger partial charge on any atom is -0.328 e. The Morgan fingerprint density at radius 1 is 1.33 bits per heavy atom. The molecular formula is C17H24N4O2S. The molecule has 1 unspecified atom stereocenters. The molecule has 1 aromatic rings. The highest BCUT2D eigenvalue weighted by Gasteiger charge is 2.34. The molecule has 0 aromatic carbocycles. The van der Waals surface area contributed by atoms with Gasteiger partial charge in [0, 0.05) is 36.5 Å². The quantitative estimate of drug-likeness (QED) is 0.843. The Labute approximate surface area is 146 Å². The fourth-order valence-corrected chi connectivity index (χ4v) is 4.19. The predicted molar refractivity (Wildman–Crippen MR) is 93.8 cm³/mol. The zero-order valence-corrected chi connectivity index (χ0v) is 15.3. The van der Waals surface area contributed by atoms with Crippen LogP contribution in [-0.4, -0.2) is 45.0 Å². The molecule has 1 fully saturated rings. The van der Waals surface area contributed by atoms with Gasteiger partial charge in [-0.2, -0.15) is 5.10 Å². The molecule has 0 spiro atoms. The third kappa shape index (κ3) is 3.36. The van der Waals surface area contributed by atoms with Gasteiger partial charge in [0.2, 0.25) is 5.91 Å². The van der Waals surface area contributed by atoms with Crippen LogP contribution in [0.4, 0.5) is 0 Å². The molecule has 7 heteroatoms. The normalized spacial score (nSPS) is 22.1. The van der Waals surface area contributed by atoms with Gasteiger partial charge in [0.15, 0.2) is 0 Å². The lowest BCUT2D eigenvalue weighted by atomic mass is 10.0. The van der Waals surface area contributed by atoms with Gasteiger partial charge in [-0.3, -0.25) is 9.59 Å². The zero-order valence-electron chi connectivity index (χ0n) is 14.5. The Hall–Kier alpha value is -1.76. The summed E-state index contributed by atoms with van der Waals surface area (Å²) >= 11 is 1.62. The van der Waals surface area contributed by atoms with Crippen molar-refractivity contribution < 1.29 is 9.59 Å². The number of amides is 2. The summed E-state index contributed by atoms with van der Waals surface area (Å²) in [6, 6.07) is 0.0112. The van der Waals surface area contributed by atoms with Crippen molar-refractivity contribution in [3.8, 4) is 0 Å². The first-order valence-electron chi connectivity index (χ1n) is 8.60. The summed E-state index contributed by atoms with van der Waals surface area (Å²) in [6.07, 6.45) is 3.85. The highest BCUT2D eigenvalue weighted by atomic mass is 32.1. The summed E-state index contributed by atoms with van der Waals surface area (Å²) < 4.78 is 0. The molecule has 3 heterocycles. The standard InChI is InChI=1S/C17H24N4O2S/c1-11(2)21-15(22)8-7-13(19-21)17(23)20-9-5-4-6-14(20)16-18-12(3)10-24-16/h10-11,14H,4-9H2,1-3H3. The van der Waals surface area contributed by atoms with Crippen LogP contribution >= 0.6 is 11.3 Å². The number of aromatic nitrogens is 1. The fourth-order valence-electron chi connectivity index (χ4n) is 3.25. The highest BCUT2D eigenvalue weighted by molar-refractivity contribution is 7.09. The zero-order chi connectivity index (χ0) is 17.3. The molecule has 6 nitrogen and oxygen atoms in total. The van der Waals surface area contributed by atoms with E-state index in [2.05, 4.69) is 10.1 Å². The molecule has 3 rings (SSSR count). The largest absolute Gasteiger partial charge is 0.328 e. The summed E-state index contributed by atoms with van der Waals surface area (Å²) in [5.74, 6) is -0.0435.